The maximum atomic E-state index is 12.4. The highest BCUT2D eigenvalue weighted by atomic mass is 16.3. The van der Waals surface area contributed by atoms with Gasteiger partial charge >= 0.3 is 0 Å². The predicted molar refractivity (Wildman–Crippen MR) is 68.8 cm³/mol. The topological polar surface area (TPSA) is 61.4 Å². The third-order valence-electron chi connectivity index (χ3n) is 4.26. The highest BCUT2D eigenvalue weighted by molar-refractivity contribution is 5.83. The number of nitrogens with one attached hydrogen (secondary N) is 2. The fourth-order valence-electron chi connectivity index (χ4n) is 2.29. The van der Waals surface area contributed by atoms with Gasteiger partial charge < -0.3 is 15.7 Å². The van der Waals surface area contributed by atoms with E-state index in [1.807, 2.05) is 13.8 Å². The quantitative estimate of drug-likeness (QED) is 0.675. The molecule has 1 fully saturated rings. The summed E-state index contributed by atoms with van der Waals surface area (Å²) < 4.78 is 0. The largest absolute Gasteiger partial charge is 0.394 e. The van der Waals surface area contributed by atoms with Crippen LogP contribution >= 0.6 is 0 Å². The Morgan fingerprint density at radius 3 is 2.41 bits per heavy atom. The zero-order chi connectivity index (χ0) is 12.9. The van der Waals surface area contributed by atoms with Gasteiger partial charge in [-0.2, -0.15) is 0 Å². The molecule has 1 aliphatic heterocycles. The zero-order valence-corrected chi connectivity index (χ0v) is 11.3. The molecule has 1 rings (SSSR count). The Bertz CT molecular complexity index is 256. The number of piperidine rings is 1. The number of aliphatic hydroxyl groups excluding tert-OH is 1. The Morgan fingerprint density at radius 2 is 2.00 bits per heavy atom. The first-order valence-electron chi connectivity index (χ1n) is 6.66. The molecule has 0 saturated carbocycles. The van der Waals surface area contributed by atoms with Crippen molar-refractivity contribution in [1.82, 2.24) is 10.6 Å². The van der Waals surface area contributed by atoms with Crippen molar-refractivity contribution < 1.29 is 9.90 Å². The molecule has 0 radical (unpaired) electrons. The van der Waals surface area contributed by atoms with Crippen LogP contribution in [0.5, 0.6) is 0 Å². The summed E-state index contributed by atoms with van der Waals surface area (Å²) in [6, 6.07) is 0. The SMILES string of the molecule is CCC(C)(CO)NC(=O)C1(CC)CCNCC1. The lowest BCUT2D eigenvalue weighted by atomic mass is 9.75. The van der Waals surface area contributed by atoms with Gasteiger partial charge in [-0.3, -0.25) is 4.79 Å². The van der Waals surface area contributed by atoms with Crippen molar-refractivity contribution in [3.05, 3.63) is 0 Å². The fourth-order valence-corrected chi connectivity index (χ4v) is 2.29. The van der Waals surface area contributed by atoms with Crippen molar-refractivity contribution in [3.63, 3.8) is 0 Å². The standard InChI is InChI=1S/C13H26N2O2/c1-4-12(3,10-16)15-11(17)13(5-2)6-8-14-9-7-13/h14,16H,4-10H2,1-3H3,(H,15,17). The summed E-state index contributed by atoms with van der Waals surface area (Å²) in [5.74, 6) is 0.111. The smallest absolute Gasteiger partial charge is 0.226 e. The normalized spacial score (nSPS) is 22.8. The number of hydrogen-bond donors (Lipinski definition) is 3. The minimum absolute atomic E-state index is 0.00666. The van der Waals surface area contributed by atoms with Crippen molar-refractivity contribution in [2.24, 2.45) is 5.41 Å². The van der Waals surface area contributed by atoms with Gasteiger partial charge in [0, 0.05) is 0 Å². The molecular weight excluding hydrogens is 216 g/mol. The van der Waals surface area contributed by atoms with Gasteiger partial charge in [-0.15, -0.1) is 0 Å². The van der Waals surface area contributed by atoms with Crippen LogP contribution in [0.15, 0.2) is 0 Å². The van der Waals surface area contributed by atoms with E-state index in [0.717, 1.165) is 38.8 Å². The van der Waals surface area contributed by atoms with Crippen LogP contribution in [0.2, 0.25) is 0 Å². The van der Waals surface area contributed by atoms with Gasteiger partial charge in [0.1, 0.15) is 0 Å². The lowest BCUT2D eigenvalue weighted by molar-refractivity contribution is -0.135. The molecule has 1 amide bonds. The molecule has 1 heterocycles. The Kier molecular flexibility index (Phi) is 4.95. The Morgan fingerprint density at radius 1 is 1.41 bits per heavy atom. The lowest BCUT2D eigenvalue weighted by Crippen LogP contribution is -2.55. The molecule has 3 N–H and O–H groups in total. The van der Waals surface area contributed by atoms with E-state index in [1.165, 1.54) is 0 Å². The summed E-state index contributed by atoms with van der Waals surface area (Å²) in [5.41, 5.74) is -0.721. The molecule has 0 aliphatic carbocycles. The van der Waals surface area contributed by atoms with Gasteiger partial charge in [0.05, 0.1) is 17.6 Å². The van der Waals surface area contributed by atoms with Crippen LogP contribution in [0.1, 0.15) is 46.5 Å². The van der Waals surface area contributed by atoms with Crippen molar-refractivity contribution in [2.75, 3.05) is 19.7 Å². The van der Waals surface area contributed by atoms with E-state index in [0.29, 0.717) is 0 Å². The Hall–Kier alpha value is -0.610. The molecular formula is C13H26N2O2. The van der Waals surface area contributed by atoms with Gasteiger partial charge in [-0.1, -0.05) is 13.8 Å². The molecule has 4 nitrogen and oxygen atoms in total. The van der Waals surface area contributed by atoms with Crippen molar-refractivity contribution in [3.8, 4) is 0 Å². The number of carbonyl (C=O) groups excluding carboxylic acids is 1. The monoisotopic (exact) mass is 242 g/mol. The highest BCUT2D eigenvalue weighted by Crippen LogP contribution is 2.33. The molecule has 1 aliphatic rings. The summed E-state index contributed by atoms with van der Waals surface area (Å²) in [6.07, 6.45) is 3.39. The van der Waals surface area contributed by atoms with Crippen LogP contribution in [0.3, 0.4) is 0 Å². The number of carbonyl (C=O) groups is 1. The van der Waals surface area contributed by atoms with Gasteiger partial charge in [-0.05, 0) is 45.7 Å². The second-order valence-corrected chi connectivity index (χ2v) is 5.41. The molecule has 0 bridgehead atoms. The predicted octanol–water partition coefficient (Wildman–Crippen LogP) is 1.04. The minimum Gasteiger partial charge on any atom is -0.394 e. The van der Waals surface area contributed by atoms with Gasteiger partial charge in [0.25, 0.3) is 0 Å². The summed E-state index contributed by atoms with van der Waals surface area (Å²) >= 11 is 0. The molecule has 100 valence electrons. The minimum atomic E-state index is -0.482. The van der Waals surface area contributed by atoms with Gasteiger partial charge in [0.2, 0.25) is 5.91 Å². The molecule has 0 aromatic rings. The zero-order valence-electron chi connectivity index (χ0n) is 11.3. The second kappa shape index (κ2) is 5.83. The molecule has 1 saturated heterocycles. The van der Waals surface area contributed by atoms with Crippen LogP contribution < -0.4 is 10.6 Å². The van der Waals surface area contributed by atoms with E-state index in [1.54, 1.807) is 0 Å². The van der Waals surface area contributed by atoms with E-state index in [4.69, 9.17) is 0 Å². The third-order valence-corrected chi connectivity index (χ3v) is 4.26. The summed E-state index contributed by atoms with van der Waals surface area (Å²) in [7, 11) is 0. The maximum absolute atomic E-state index is 12.4. The summed E-state index contributed by atoms with van der Waals surface area (Å²) in [6.45, 7) is 7.76. The molecule has 0 aromatic heterocycles. The molecule has 0 spiro atoms. The maximum Gasteiger partial charge on any atom is 0.226 e. The third kappa shape index (κ3) is 3.19. The molecule has 0 aromatic carbocycles. The van der Waals surface area contributed by atoms with Crippen LogP contribution in [0.4, 0.5) is 0 Å². The van der Waals surface area contributed by atoms with Crippen LogP contribution in [0.25, 0.3) is 0 Å². The van der Waals surface area contributed by atoms with E-state index in [2.05, 4.69) is 17.6 Å². The Labute approximate surface area is 104 Å². The number of rotatable bonds is 5. The van der Waals surface area contributed by atoms with Gasteiger partial charge in [0.15, 0.2) is 0 Å². The summed E-state index contributed by atoms with van der Waals surface area (Å²) in [4.78, 5) is 12.4. The van der Waals surface area contributed by atoms with Crippen molar-refractivity contribution in [1.29, 1.82) is 0 Å². The average molecular weight is 242 g/mol. The lowest BCUT2D eigenvalue weighted by Gasteiger charge is -2.39. The van der Waals surface area contributed by atoms with Gasteiger partial charge in [-0.25, -0.2) is 0 Å². The van der Waals surface area contributed by atoms with E-state index in [9.17, 15) is 9.90 Å². The second-order valence-electron chi connectivity index (χ2n) is 5.41. The van der Waals surface area contributed by atoms with Crippen LogP contribution in [-0.4, -0.2) is 36.2 Å². The van der Waals surface area contributed by atoms with Crippen LogP contribution in [0, 0.1) is 5.41 Å². The average Bonchev–Trinajstić information content (AvgIpc) is 2.39. The van der Waals surface area contributed by atoms with E-state index < -0.39 is 5.54 Å². The summed E-state index contributed by atoms with van der Waals surface area (Å²) in [5, 5.41) is 15.7. The molecule has 1 unspecified atom stereocenters. The van der Waals surface area contributed by atoms with Crippen LogP contribution in [-0.2, 0) is 4.79 Å². The molecule has 4 heteroatoms. The highest BCUT2D eigenvalue weighted by Gasteiger charge is 2.40. The number of aliphatic hydroxyl groups is 1. The van der Waals surface area contributed by atoms with Crippen molar-refractivity contribution >= 4 is 5.91 Å². The first-order valence-corrected chi connectivity index (χ1v) is 6.66. The number of hydrogen-bond acceptors (Lipinski definition) is 3. The fraction of sp³-hybridized carbons (Fsp3) is 0.923. The van der Waals surface area contributed by atoms with E-state index in [-0.39, 0.29) is 17.9 Å². The first kappa shape index (κ1) is 14.5. The van der Waals surface area contributed by atoms with E-state index >= 15 is 0 Å². The molecule has 17 heavy (non-hydrogen) atoms. The van der Waals surface area contributed by atoms with Crippen molar-refractivity contribution in [2.45, 2.75) is 52.0 Å². The Balaban J connectivity index is 2.72. The number of amides is 1. The first-order chi connectivity index (χ1) is 8.02. The molecule has 1 atom stereocenters.